The van der Waals surface area contributed by atoms with Gasteiger partial charge in [-0.15, -0.1) is 0 Å². The van der Waals surface area contributed by atoms with Crippen molar-refractivity contribution in [3.05, 3.63) is 374 Å². The second-order valence-electron chi connectivity index (χ2n) is 27.1. The molecule has 0 bridgehead atoms. The van der Waals surface area contributed by atoms with Crippen molar-refractivity contribution in [2.75, 3.05) is 0 Å². The summed E-state index contributed by atoms with van der Waals surface area (Å²) in [6.45, 7) is 0. The molecule has 22 rings (SSSR count). The first-order valence-corrected chi connectivity index (χ1v) is 34.8. The normalized spacial score (nSPS) is 12.8. The second-order valence-corrected chi connectivity index (χ2v) is 27.1. The van der Waals surface area contributed by atoms with Gasteiger partial charge < -0.3 is 9.13 Å². The maximum absolute atomic E-state index is 5.78. The van der Waals surface area contributed by atoms with E-state index in [4.69, 9.17) is 9.97 Å². The Morgan fingerprint density at radius 3 is 0.970 bits per heavy atom. The third-order valence-corrected chi connectivity index (χ3v) is 22.0. The van der Waals surface area contributed by atoms with Crippen LogP contribution < -0.4 is 0 Å². The highest BCUT2D eigenvalue weighted by atomic mass is 15.2. The number of benzene rings is 15. The Balaban J connectivity index is 0.713. The first kappa shape index (κ1) is 55.7. The fourth-order valence-electron chi connectivity index (χ4n) is 17.7. The average molecular weight is 1280 g/mol. The Morgan fingerprint density at radius 2 is 0.515 bits per heavy atom. The molecule has 6 heteroatoms. The summed E-state index contributed by atoms with van der Waals surface area (Å²) in [7, 11) is 0. The summed E-state index contributed by atoms with van der Waals surface area (Å²) in [4.78, 5) is 11.5. The van der Waals surface area contributed by atoms with E-state index in [1.54, 1.807) is 0 Å². The van der Waals surface area contributed by atoms with Gasteiger partial charge in [0, 0.05) is 66.1 Å². The molecule has 0 unspecified atom stereocenters. The lowest BCUT2D eigenvalue weighted by atomic mass is 9.70. The number of fused-ring (bicyclic) bond motifs is 22. The zero-order valence-corrected chi connectivity index (χ0v) is 54.7. The molecule has 1 spiro atoms. The molecule has 0 aliphatic heterocycles. The van der Waals surface area contributed by atoms with Crippen molar-refractivity contribution in [1.29, 1.82) is 0 Å². The van der Waals surface area contributed by atoms with Crippen LogP contribution in [0, 0.1) is 0 Å². The maximum Gasteiger partial charge on any atom is 0.237 e. The molecule has 0 amide bonds. The standard InChI is InChI=1S/C95H58N6/c1-3-21-66(22-4-1)98-85-35-17-10-28-72(85)76-53-61(44-49-89(76)98)63-46-51-91-78(55-63)74-30-12-19-37-87(74)100(91)93-58-84(60-41-39-59(40-42-60)65-43-48-71-70-27-9-16-34-82(70)95(83(71)57-65)80-32-14-7-25-68(80)69-26-8-15-33-81(69)95)96-94(97-93)101-88-38-20-13-31-75(88)79-56-64(47-52-92(79)101)62-45-50-90-77(54-62)73-29-11-18-36-86(73)99(90)67-23-5-2-6-24-67/h1-58H. The van der Waals surface area contributed by atoms with Crippen LogP contribution in [0.1, 0.15) is 22.3 Å². The van der Waals surface area contributed by atoms with Crippen LogP contribution in [0.15, 0.2) is 352 Å². The topological polar surface area (TPSA) is 45.5 Å². The van der Waals surface area contributed by atoms with E-state index in [1.165, 1.54) is 93.7 Å². The number of rotatable bonds is 8. The fraction of sp³-hybridized carbons (Fsp3) is 0.0105. The third kappa shape index (κ3) is 7.98. The Bertz CT molecular complexity index is 6520. The highest BCUT2D eigenvalue weighted by molar-refractivity contribution is 6.15. The molecule has 2 aliphatic carbocycles. The number of hydrogen-bond acceptors (Lipinski definition) is 2. The first-order chi connectivity index (χ1) is 50.1. The monoisotopic (exact) mass is 1280 g/mol. The molecule has 468 valence electrons. The van der Waals surface area contributed by atoms with Crippen LogP contribution in [-0.4, -0.2) is 28.2 Å². The number of para-hydroxylation sites is 6. The van der Waals surface area contributed by atoms with E-state index in [1.807, 2.05) is 0 Å². The molecular formula is C95H58N6. The van der Waals surface area contributed by atoms with Crippen molar-refractivity contribution >= 4 is 87.2 Å². The Morgan fingerprint density at radius 1 is 0.198 bits per heavy atom. The average Bonchev–Trinajstić information content (AvgIpc) is 1.51. The van der Waals surface area contributed by atoms with Crippen LogP contribution in [0.4, 0.5) is 0 Å². The zero-order valence-electron chi connectivity index (χ0n) is 54.7. The van der Waals surface area contributed by atoms with Gasteiger partial charge in [-0.05, 0) is 181 Å². The fourth-order valence-corrected chi connectivity index (χ4v) is 17.7. The quantitative estimate of drug-likeness (QED) is 0.152. The predicted molar refractivity (Wildman–Crippen MR) is 417 cm³/mol. The number of hydrogen-bond donors (Lipinski definition) is 0. The lowest BCUT2D eigenvalue weighted by molar-refractivity contribution is 0.794. The molecule has 0 N–H and O–H groups in total. The summed E-state index contributed by atoms with van der Waals surface area (Å²) in [5.74, 6) is 1.36. The van der Waals surface area contributed by atoms with Gasteiger partial charge in [-0.3, -0.25) is 9.13 Å². The molecular weight excluding hydrogens is 1230 g/mol. The van der Waals surface area contributed by atoms with Gasteiger partial charge >= 0.3 is 0 Å². The molecule has 5 heterocycles. The highest BCUT2D eigenvalue weighted by Gasteiger charge is 2.51. The van der Waals surface area contributed by atoms with Gasteiger partial charge in [0.25, 0.3) is 0 Å². The van der Waals surface area contributed by atoms with E-state index in [0.717, 1.165) is 99.9 Å². The predicted octanol–water partition coefficient (Wildman–Crippen LogP) is 23.9. The van der Waals surface area contributed by atoms with E-state index < -0.39 is 5.41 Å². The van der Waals surface area contributed by atoms with E-state index in [2.05, 4.69) is 370 Å². The molecule has 6 nitrogen and oxygen atoms in total. The van der Waals surface area contributed by atoms with Crippen molar-refractivity contribution in [3.8, 4) is 90.0 Å². The maximum atomic E-state index is 5.78. The van der Waals surface area contributed by atoms with Crippen LogP contribution in [0.2, 0.25) is 0 Å². The largest absolute Gasteiger partial charge is 0.309 e. The molecule has 101 heavy (non-hydrogen) atoms. The van der Waals surface area contributed by atoms with E-state index >= 15 is 0 Å². The number of aromatic nitrogens is 6. The molecule has 0 saturated heterocycles. The van der Waals surface area contributed by atoms with Gasteiger partial charge in [0.1, 0.15) is 5.82 Å². The molecule has 0 saturated carbocycles. The van der Waals surface area contributed by atoms with E-state index in [9.17, 15) is 0 Å². The summed E-state index contributed by atoms with van der Waals surface area (Å²) < 4.78 is 9.39. The lowest BCUT2D eigenvalue weighted by Gasteiger charge is -2.30. The highest BCUT2D eigenvalue weighted by Crippen LogP contribution is 2.63. The van der Waals surface area contributed by atoms with Crippen molar-refractivity contribution in [2.24, 2.45) is 0 Å². The molecule has 2 aliphatic rings. The Labute approximate surface area is 581 Å². The zero-order chi connectivity index (χ0) is 66.0. The minimum Gasteiger partial charge on any atom is -0.309 e. The molecule has 20 aromatic rings. The third-order valence-electron chi connectivity index (χ3n) is 22.0. The Hall–Kier alpha value is -13.4. The smallest absolute Gasteiger partial charge is 0.237 e. The molecule has 15 aromatic carbocycles. The van der Waals surface area contributed by atoms with Gasteiger partial charge in [-0.2, -0.15) is 4.98 Å². The van der Waals surface area contributed by atoms with Crippen molar-refractivity contribution in [2.45, 2.75) is 5.41 Å². The van der Waals surface area contributed by atoms with Crippen LogP contribution in [0.3, 0.4) is 0 Å². The molecule has 0 fully saturated rings. The lowest BCUT2D eigenvalue weighted by Crippen LogP contribution is -2.25. The minimum absolute atomic E-state index is 0.439. The minimum atomic E-state index is -0.439. The molecule has 5 aromatic heterocycles. The van der Waals surface area contributed by atoms with Crippen LogP contribution >= 0.6 is 0 Å². The Kier molecular flexibility index (Phi) is 11.7. The summed E-state index contributed by atoms with van der Waals surface area (Å²) in [5, 5.41) is 9.43. The van der Waals surface area contributed by atoms with E-state index in [-0.39, 0.29) is 0 Å². The van der Waals surface area contributed by atoms with Crippen molar-refractivity contribution in [3.63, 3.8) is 0 Å². The second kappa shape index (κ2) is 21.3. The summed E-state index contributed by atoms with van der Waals surface area (Å²) >= 11 is 0. The van der Waals surface area contributed by atoms with Crippen molar-refractivity contribution in [1.82, 2.24) is 28.2 Å². The van der Waals surface area contributed by atoms with Gasteiger partial charge in [-0.25, -0.2) is 4.98 Å². The van der Waals surface area contributed by atoms with Crippen LogP contribution in [-0.2, 0) is 5.41 Å². The van der Waals surface area contributed by atoms with Crippen LogP contribution in [0.25, 0.3) is 177 Å². The summed E-state index contributed by atoms with van der Waals surface area (Å²) in [6, 6.07) is 130. The van der Waals surface area contributed by atoms with Gasteiger partial charge in [0.05, 0.1) is 55.2 Å². The molecule has 0 atom stereocenters. The van der Waals surface area contributed by atoms with Gasteiger partial charge in [0.2, 0.25) is 5.95 Å². The molecule has 0 radical (unpaired) electrons. The van der Waals surface area contributed by atoms with Crippen LogP contribution in [0.5, 0.6) is 0 Å². The first-order valence-electron chi connectivity index (χ1n) is 34.8. The van der Waals surface area contributed by atoms with E-state index in [0.29, 0.717) is 5.95 Å². The van der Waals surface area contributed by atoms with Crippen molar-refractivity contribution < 1.29 is 0 Å². The van der Waals surface area contributed by atoms with Gasteiger partial charge in [0.15, 0.2) is 0 Å². The number of nitrogens with zero attached hydrogens (tertiary/aromatic N) is 6. The summed E-state index contributed by atoms with van der Waals surface area (Å²) in [6.07, 6.45) is 0. The van der Waals surface area contributed by atoms with Gasteiger partial charge in [-0.1, -0.05) is 243 Å². The SMILES string of the molecule is c1ccc(-n2c3ccccc3c3cc(-c4ccc5c(c4)c4ccccc4n5-c4cc(-c5ccc(-c6ccc7c(c6)C6(c8ccccc8-c8ccccc86)c6ccccc6-7)cc5)nc(-n5c6ccccc6c6cc(-c7ccc8c(c7)c7ccccc7n8-c7ccccc7)ccc65)n4)ccc32)cc1. The summed E-state index contributed by atoms with van der Waals surface area (Å²) in [5.41, 5.74) is 30.0.